The van der Waals surface area contributed by atoms with Gasteiger partial charge in [-0.2, -0.15) is 0 Å². The SMILES string of the molecule is O=C(O)c1cccc(F)c1N1CCCC2CCCC21. The second-order valence-corrected chi connectivity index (χ2v) is 5.54. The lowest BCUT2D eigenvalue weighted by atomic mass is 9.91. The fourth-order valence-corrected chi connectivity index (χ4v) is 3.71. The number of hydrogen-bond donors (Lipinski definition) is 1. The Morgan fingerprint density at radius 1 is 1.26 bits per heavy atom. The third-order valence-corrected chi connectivity index (χ3v) is 4.50. The van der Waals surface area contributed by atoms with Crippen molar-refractivity contribution >= 4 is 11.7 Å². The molecule has 0 amide bonds. The maximum atomic E-state index is 14.1. The summed E-state index contributed by atoms with van der Waals surface area (Å²) in [6.45, 7) is 0.766. The first-order chi connectivity index (χ1) is 9.18. The topological polar surface area (TPSA) is 40.5 Å². The van der Waals surface area contributed by atoms with Crippen molar-refractivity contribution in [2.24, 2.45) is 5.92 Å². The second kappa shape index (κ2) is 4.83. The zero-order chi connectivity index (χ0) is 13.4. The van der Waals surface area contributed by atoms with Gasteiger partial charge in [0.05, 0.1) is 11.3 Å². The average Bonchev–Trinajstić information content (AvgIpc) is 2.86. The predicted molar refractivity (Wildman–Crippen MR) is 71.1 cm³/mol. The number of nitrogens with zero attached hydrogens (tertiary/aromatic N) is 1. The molecule has 102 valence electrons. The summed E-state index contributed by atoms with van der Waals surface area (Å²) < 4.78 is 14.1. The molecule has 4 heteroatoms. The van der Waals surface area contributed by atoms with Gasteiger partial charge in [0, 0.05) is 12.6 Å². The number of hydrogen-bond acceptors (Lipinski definition) is 2. The van der Waals surface area contributed by atoms with Crippen LogP contribution in [-0.2, 0) is 0 Å². The molecule has 1 heterocycles. The Hall–Kier alpha value is -1.58. The molecule has 3 rings (SSSR count). The Morgan fingerprint density at radius 3 is 2.84 bits per heavy atom. The number of carboxylic acids is 1. The first-order valence-electron chi connectivity index (χ1n) is 6.97. The fraction of sp³-hybridized carbons (Fsp3) is 0.533. The van der Waals surface area contributed by atoms with E-state index in [0.29, 0.717) is 17.6 Å². The van der Waals surface area contributed by atoms with Crippen LogP contribution in [0.5, 0.6) is 0 Å². The maximum absolute atomic E-state index is 14.1. The number of carboxylic acid groups (broad SMARTS) is 1. The van der Waals surface area contributed by atoms with Crippen molar-refractivity contribution in [2.45, 2.75) is 38.1 Å². The minimum absolute atomic E-state index is 0.0903. The van der Waals surface area contributed by atoms with Crippen LogP contribution >= 0.6 is 0 Å². The zero-order valence-electron chi connectivity index (χ0n) is 10.8. The van der Waals surface area contributed by atoms with Crippen molar-refractivity contribution in [3.05, 3.63) is 29.6 Å². The third-order valence-electron chi connectivity index (χ3n) is 4.50. The van der Waals surface area contributed by atoms with Gasteiger partial charge in [0.25, 0.3) is 0 Å². The molecule has 1 aromatic carbocycles. The lowest BCUT2D eigenvalue weighted by Gasteiger charge is -2.40. The van der Waals surface area contributed by atoms with Gasteiger partial charge in [-0.3, -0.25) is 0 Å². The minimum atomic E-state index is -1.05. The smallest absolute Gasteiger partial charge is 0.337 e. The molecule has 3 nitrogen and oxygen atoms in total. The molecule has 1 saturated heterocycles. The van der Waals surface area contributed by atoms with Crippen molar-refractivity contribution in [1.29, 1.82) is 0 Å². The normalized spacial score (nSPS) is 26.3. The summed E-state index contributed by atoms with van der Waals surface area (Å²) in [4.78, 5) is 13.3. The standard InChI is InChI=1S/C15H18FNO2/c16-12-7-2-6-11(15(18)19)14(12)17-9-3-5-10-4-1-8-13(10)17/h2,6-7,10,13H,1,3-5,8-9H2,(H,18,19). The summed E-state index contributed by atoms with van der Waals surface area (Å²) in [6.07, 6.45) is 5.63. The van der Waals surface area contributed by atoms with Crippen molar-refractivity contribution in [1.82, 2.24) is 0 Å². The molecular formula is C15H18FNO2. The van der Waals surface area contributed by atoms with Crippen molar-refractivity contribution in [3.63, 3.8) is 0 Å². The Bertz CT molecular complexity index is 503. The molecule has 1 aromatic rings. The van der Waals surface area contributed by atoms with E-state index < -0.39 is 11.8 Å². The molecule has 2 aliphatic rings. The van der Waals surface area contributed by atoms with Gasteiger partial charge in [0.2, 0.25) is 0 Å². The van der Waals surface area contributed by atoms with Crippen molar-refractivity contribution < 1.29 is 14.3 Å². The van der Waals surface area contributed by atoms with E-state index in [0.717, 1.165) is 19.4 Å². The molecule has 0 aromatic heterocycles. The number of para-hydroxylation sites is 1. The van der Waals surface area contributed by atoms with Crippen molar-refractivity contribution in [2.75, 3.05) is 11.4 Å². The van der Waals surface area contributed by atoms with Gasteiger partial charge >= 0.3 is 5.97 Å². The number of anilines is 1. The van der Waals surface area contributed by atoms with Crippen LogP contribution in [0.4, 0.5) is 10.1 Å². The Morgan fingerprint density at radius 2 is 2.05 bits per heavy atom. The Balaban J connectivity index is 2.03. The highest BCUT2D eigenvalue weighted by molar-refractivity contribution is 5.94. The van der Waals surface area contributed by atoms with E-state index >= 15 is 0 Å². The summed E-state index contributed by atoms with van der Waals surface area (Å²) in [5.74, 6) is -0.850. The fourth-order valence-electron chi connectivity index (χ4n) is 3.71. The third kappa shape index (κ3) is 2.09. The predicted octanol–water partition coefficient (Wildman–Crippen LogP) is 3.29. The van der Waals surface area contributed by atoms with Crippen LogP contribution in [0.15, 0.2) is 18.2 Å². The van der Waals surface area contributed by atoms with Gasteiger partial charge in [-0.15, -0.1) is 0 Å². The summed E-state index contributed by atoms with van der Waals surface area (Å²) in [6, 6.07) is 4.65. The highest BCUT2D eigenvalue weighted by Crippen LogP contribution is 2.40. The number of halogens is 1. The van der Waals surface area contributed by atoms with Crippen LogP contribution in [0.3, 0.4) is 0 Å². The molecule has 1 N–H and O–H groups in total. The molecule has 0 bridgehead atoms. The monoisotopic (exact) mass is 263 g/mol. The highest BCUT2D eigenvalue weighted by Gasteiger charge is 2.37. The lowest BCUT2D eigenvalue weighted by Crippen LogP contribution is -2.43. The number of fused-ring (bicyclic) bond motifs is 1. The maximum Gasteiger partial charge on any atom is 0.337 e. The van der Waals surface area contributed by atoms with Gasteiger partial charge in [0.1, 0.15) is 5.82 Å². The molecule has 2 unspecified atom stereocenters. The van der Waals surface area contributed by atoms with E-state index in [4.69, 9.17) is 0 Å². The van der Waals surface area contributed by atoms with E-state index in [9.17, 15) is 14.3 Å². The molecule has 19 heavy (non-hydrogen) atoms. The van der Waals surface area contributed by atoms with E-state index in [2.05, 4.69) is 0 Å². The quantitative estimate of drug-likeness (QED) is 0.890. The summed E-state index contributed by atoms with van der Waals surface area (Å²) in [5, 5.41) is 9.27. The van der Waals surface area contributed by atoms with Crippen LogP contribution < -0.4 is 4.90 Å². The Labute approximate surface area is 112 Å². The molecule has 1 aliphatic heterocycles. The number of benzene rings is 1. The van der Waals surface area contributed by atoms with Crippen LogP contribution in [0.25, 0.3) is 0 Å². The zero-order valence-corrected chi connectivity index (χ0v) is 10.8. The van der Waals surface area contributed by atoms with Crippen LogP contribution in [0, 0.1) is 11.7 Å². The summed E-state index contributed by atoms with van der Waals surface area (Å²) in [7, 11) is 0. The van der Waals surface area contributed by atoms with E-state index in [1.807, 2.05) is 4.90 Å². The molecular weight excluding hydrogens is 245 g/mol. The van der Waals surface area contributed by atoms with Gasteiger partial charge in [-0.1, -0.05) is 12.5 Å². The largest absolute Gasteiger partial charge is 0.478 e. The molecule has 0 radical (unpaired) electrons. The molecule has 1 saturated carbocycles. The Kier molecular flexibility index (Phi) is 3.17. The minimum Gasteiger partial charge on any atom is -0.478 e. The molecule has 0 spiro atoms. The first-order valence-corrected chi connectivity index (χ1v) is 6.97. The number of piperidine rings is 1. The number of aromatic carboxylic acids is 1. The van der Waals surface area contributed by atoms with Crippen molar-refractivity contribution in [3.8, 4) is 0 Å². The lowest BCUT2D eigenvalue weighted by molar-refractivity contribution is 0.0696. The second-order valence-electron chi connectivity index (χ2n) is 5.54. The molecule has 2 atom stereocenters. The highest BCUT2D eigenvalue weighted by atomic mass is 19.1. The van der Waals surface area contributed by atoms with Gasteiger partial charge in [0.15, 0.2) is 0 Å². The number of rotatable bonds is 2. The van der Waals surface area contributed by atoms with Gasteiger partial charge in [-0.05, 0) is 43.7 Å². The van der Waals surface area contributed by atoms with E-state index in [1.165, 1.54) is 37.5 Å². The van der Waals surface area contributed by atoms with Gasteiger partial charge in [-0.25, -0.2) is 9.18 Å². The molecule has 2 fully saturated rings. The summed E-state index contributed by atoms with van der Waals surface area (Å²) >= 11 is 0. The van der Waals surface area contributed by atoms with E-state index in [-0.39, 0.29) is 5.56 Å². The summed E-state index contributed by atoms with van der Waals surface area (Å²) in [5.41, 5.74) is 0.388. The van der Waals surface area contributed by atoms with Gasteiger partial charge < -0.3 is 10.0 Å². The van der Waals surface area contributed by atoms with Crippen LogP contribution in [0.2, 0.25) is 0 Å². The number of carbonyl (C=O) groups is 1. The average molecular weight is 263 g/mol. The van der Waals surface area contributed by atoms with Crippen LogP contribution in [0.1, 0.15) is 42.5 Å². The first kappa shape index (κ1) is 12.5. The van der Waals surface area contributed by atoms with Crippen LogP contribution in [-0.4, -0.2) is 23.7 Å². The molecule has 1 aliphatic carbocycles. The van der Waals surface area contributed by atoms with E-state index in [1.54, 1.807) is 0 Å².